The number of nitrogens with one attached hydrogen (secondary N) is 1. The van der Waals surface area contributed by atoms with E-state index in [0.29, 0.717) is 17.5 Å². The Hall–Kier alpha value is -1.96. The minimum Gasteiger partial charge on any atom is -0.337 e. The van der Waals surface area contributed by atoms with Gasteiger partial charge in [0, 0.05) is 0 Å². The van der Waals surface area contributed by atoms with Crippen LogP contribution in [0.3, 0.4) is 0 Å². The molecule has 1 aliphatic carbocycles. The number of rotatable bonds is 4. The monoisotopic (exact) mass is 362 g/mol. The minimum absolute atomic E-state index is 0.223. The lowest BCUT2D eigenvalue weighted by Crippen LogP contribution is -2.51. The number of nitriles is 1. The van der Waals surface area contributed by atoms with Crippen LogP contribution in [-0.4, -0.2) is 31.6 Å². The van der Waals surface area contributed by atoms with Crippen molar-refractivity contribution in [2.75, 3.05) is 5.84 Å². The molecule has 0 saturated heterocycles. The number of hydrogen-bond acceptors (Lipinski definition) is 6. The maximum Gasteiger partial charge on any atom is 0.453 e. The topological polar surface area (TPSA) is 110 Å². The fraction of sp³-hybridized carbons (Fsp3) is 0.692. The van der Waals surface area contributed by atoms with Gasteiger partial charge in [-0.1, -0.05) is 31.0 Å². The van der Waals surface area contributed by atoms with Gasteiger partial charge in [0.25, 0.3) is 5.82 Å². The highest BCUT2D eigenvalue weighted by molar-refractivity contribution is 8.00. The summed E-state index contributed by atoms with van der Waals surface area (Å²) in [5, 5.41) is 17.5. The van der Waals surface area contributed by atoms with E-state index < -0.39 is 28.7 Å². The first-order chi connectivity index (χ1) is 11.2. The van der Waals surface area contributed by atoms with Crippen molar-refractivity contribution in [3.8, 4) is 6.07 Å². The molecule has 0 aliphatic heterocycles. The molecule has 11 heteroatoms. The van der Waals surface area contributed by atoms with E-state index in [1.54, 1.807) is 0 Å². The van der Waals surface area contributed by atoms with Crippen molar-refractivity contribution in [3.05, 3.63) is 5.82 Å². The molecule has 1 amide bonds. The van der Waals surface area contributed by atoms with Gasteiger partial charge in [-0.05, 0) is 19.8 Å². The molecule has 0 aromatic carbocycles. The van der Waals surface area contributed by atoms with Gasteiger partial charge in [0.15, 0.2) is 0 Å². The Bertz CT molecular complexity index is 647. The van der Waals surface area contributed by atoms with Gasteiger partial charge >= 0.3 is 6.18 Å². The van der Waals surface area contributed by atoms with E-state index in [2.05, 4.69) is 21.6 Å². The van der Waals surface area contributed by atoms with Crippen LogP contribution in [0.2, 0.25) is 0 Å². The summed E-state index contributed by atoms with van der Waals surface area (Å²) in [7, 11) is 0. The Morgan fingerprint density at radius 2 is 2.04 bits per heavy atom. The fourth-order valence-corrected chi connectivity index (χ4v) is 3.29. The van der Waals surface area contributed by atoms with Crippen LogP contribution in [0.25, 0.3) is 0 Å². The van der Waals surface area contributed by atoms with Crippen LogP contribution in [0, 0.1) is 11.3 Å². The normalized spacial score (nSPS) is 18.6. The number of carbonyl (C=O) groups excluding carboxylic acids is 1. The van der Waals surface area contributed by atoms with Crippen LogP contribution in [-0.2, 0) is 11.0 Å². The van der Waals surface area contributed by atoms with Gasteiger partial charge in [-0.15, -0.1) is 10.2 Å². The third-order valence-electron chi connectivity index (χ3n) is 3.85. The molecule has 2 rings (SSSR count). The number of nitrogen functional groups attached to an aromatic ring is 1. The van der Waals surface area contributed by atoms with E-state index in [4.69, 9.17) is 5.84 Å². The number of amides is 1. The molecule has 132 valence electrons. The summed E-state index contributed by atoms with van der Waals surface area (Å²) in [6.45, 7) is 1.51. The van der Waals surface area contributed by atoms with Crippen molar-refractivity contribution >= 4 is 17.7 Å². The molecule has 1 aromatic rings. The van der Waals surface area contributed by atoms with Crippen molar-refractivity contribution in [2.45, 2.75) is 61.1 Å². The summed E-state index contributed by atoms with van der Waals surface area (Å²) in [4.78, 5) is 12.3. The highest BCUT2D eigenvalue weighted by Crippen LogP contribution is 2.31. The minimum atomic E-state index is -4.72. The zero-order valence-corrected chi connectivity index (χ0v) is 13.7. The third kappa shape index (κ3) is 3.92. The van der Waals surface area contributed by atoms with Gasteiger partial charge in [-0.3, -0.25) is 4.79 Å². The van der Waals surface area contributed by atoms with E-state index in [1.165, 1.54) is 6.92 Å². The Balaban J connectivity index is 2.04. The number of hydrogen-bond donors (Lipinski definition) is 2. The van der Waals surface area contributed by atoms with E-state index in [-0.39, 0.29) is 5.16 Å². The molecule has 1 saturated carbocycles. The van der Waals surface area contributed by atoms with Gasteiger partial charge in [-0.25, -0.2) is 4.68 Å². The molecule has 1 fully saturated rings. The maximum absolute atomic E-state index is 12.6. The van der Waals surface area contributed by atoms with Crippen LogP contribution in [0.1, 0.15) is 44.9 Å². The van der Waals surface area contributed by atoms with Crippen molar-refractivity contribution in [1.29, 1.82) is 5.26 Å². The molecule has 1 aromatic heterocycles. The molecule has 1 aliphatic rings. The summed E-state index contributed by atoms with van der Waals surface area (Å²) < 4.78 is 38.2. The number of alkyl halides is 3. The summed E-state index contributed by atoms with van der Waals surface area (Å²) in [6.07, 6.45) is -0.877. The smallest absolute Gasteiger partial charge is 0.337 e. The highest BCUT2D eigenvalue weighted by Gasteiger charge is 2.39. The van der Waals surface area contributed by atoms with Gasteiger partial charge in [0.2, 0.25) is 11.1 Å². The number of halogens is 3. The molecule has 7 nitrogen and oxygen atoms in total. The van der Waals surface area contributed by atoms with Crippen molar-refractivity contribution in [2.24, 2.45) is 0 Å². The number of nitrogens with zero attached hydrogens (tertiary/aromatic N) is 4. The molecular formula is C13H17F3N6OS. The number of thioether (sulfide) groups is 1. The van der Waals surface area contributed by atoms with Crippen LogP contribution < -0.4 is 11.2 Å². The standard InChI is InChI=1S/C13H17F3N6OS/c1-8(9(23)19-12(7-17)5-3-2-4-6-12)24-11-21-20-10(22(11)18)13(14,15)16/h8H,2-6,18H2,1H3,(H,19,23)/t8-/m1/s1. The van der Waals surface area contributed by atoms with Crippen LogP contribution in [0.4, 0.5) is 13.2 Å². The second kappa shape index (κ2) is 6.88. The van der Waals surface area contributed by atoms with Crippen molar-refractivity contribution < 1.29 is 18.0 Å². The highest BCUT2D eigenvalue weighted by atomic mass is 32.2. The molecule has 24 heavy (non-hydrogen) atoms. The summed E-state index contributed by atoms with van der Waals surface area (Å²) in [5.74, 6) is 3.56. The molecule has 1 atom stereocenters. The summed E-state index contributed by atoms with van der Waals surface area (Å²) >= 11 is 0.756. The fourth-order valence-electron chi connectivity index (χ4n) is 2.52. The second-order valence-corrected chi connectivity index (χ2v) is 6.99. The van der Waals surface area contributed by atoms with Gasteiger partial charge in [0.1, 0.15) is 5.54 Å². The predicted molar refractivity (Wildman–Crippen MR) is 80.1 cm³/mol. The summed E-state index contributed by atoms with van der Waals surface area (Å²) in [5.41, 5.74) is -0.905. The number of carbonyl (C=O) groups is 1. The van der Waals surface area contributed by atoms with E-state index >= 15 is 0 Å². The third-order valence-corrected chi connectivity index (χ3v) is 4.91. The Labute approximate surface area is 140 Å². The van der Waals surface area contributed by atoms with Gasteiger partial charge in [0.05, 0.1) is 11.3 Å². The predicted octanol–water partition coefficient (Wildman–Crippen LogP) is 1.83. The SMILES string of the molecule is C[C@@H](Sc1nnc(C(F)(F)F)n1N)C(=O)NC1(C#N)CCCCC1. The Morgan fingerprint density at radius 3 is 2.54 bits per heavy atom. The summed E-state index contributed by atoms with van der Waals surface area (Å²) in [6, 6.07) is 2.15. The molecular weight excluding hydrogens is 345 g/mol. The number of aromatic nitrogens is 3. The van der Waals surface area contributed by atoms with Crippen molar-refractivity contribution in [3.63, 3.8) is 0 Å². The van der Waals surface area contributed by atoms with Crippen molar-refractivity contribution in [1.82, 2.24) is 20.2 Å². The average molecular weight is 362 g/mol. The first-order valence-electron chi connectivity index (χ1n) is 7.36. The first kappa shape index (κ1) is 18.4. The second-order valence-electron chi connectivity index (χ2n) is 5.68. The first-order valence-corrected chi connectivity index (χ1v) is 8.24. The Morgan fingerprint density at radius 1 is 1.42 bits per heavy atom. The van der Waals surface area contributed by atoms with Gasteiger partial charge in [-0.2, -0.15) is 18.4 Å². The van der Waals surface area contributed by atoms with Gasteiger partial charge < -0.3 is 11.2 Å². The van der Waals surface area contributed by atoms with E-state index in [9.17, 15) is 23.2 Å². The average Bonchev–Trinajstić information content (AvgIpc) is 2.89. The van der Waals surface area contributed by atoms with Crippen LogP contribution >= 0.6 is 11.8 Å². The van der Waals surface area contributed by atoms with E-state index in [1.807, 2.05) is 0 Å². The number of nitrogens with two attached hydrogens (primary N) is 1. The molecule has 0 spiro atoms. The lowest BCUT2D eigenvalue weighted by molar-refractivity contribution is -0.146. The van der Waals surface area contributed by atoms with E-state index in [0.717, 1.165) is 31.0 Å². The molecule has 0 unspecified atom stereocenters. The Kier molecular flexibility index (Phi) is 5.27. The zero-order chi connectivity index (χ0) is 18.0. The molecule has 0 radical (unpaired) electrons. The van der Waals surface area contributed by atoms with Crippen LogP contribution in [0.15, 0.2) is 5.16 Å². The quantitative estimate of drug-likeness (QED) is 0.625. The lowest BCUT2D eigenvalue weighted by atomic mass is 9.83. The molecule has 0 bridgehead atoms. The maximum atomic E-state index is 12.6. The zero-order valence-electron chi connectivity index (χ0n) is 12.9. The largest absolute Gasteiger partial charge is 0.453 e. The lowest BCUT2D eigenvalue weighted by Gasteiger charge is -2.32. The molecule has 3 N–H and O–H groups in total. The molecule has 1 heterocycles. The van der Waals surface area contributed by atoms with Crippen LogP contribution in [0.5, 0.6) is 0 Å².